The van der Waals surface area contributed by atoms with Gasteiger partial charge in [0, 0.05) is 51.1 Å². The standard InChI is InChI=1S/C37H38FN5O3/c1-5-46-31-11-8-10-28(20-31)43-23-35(40-36(43)33-14-13-24(2)17-34(33)38)37(45)42-16-15-41(22-30(42)21-39-26(4)44)29-18-25(3)32-12-7-6-9-27(32)19-29/h6-14,17-20,23,30H,5,15-16,21-22H2,1-4H3,(H,39,44). The Morgan fingerprint density at radius 2 is 1.80 bits per heavy atom. The van der Waals surface area contributed by atoms with Gasteiger partial charge in [-0.15, -0.1) is 0 Å². The predicted molar refractivity (Wildman–Crippen MR) is 179 cm³/mol. The number of hydrogen-bond acceptors (Lipinski definition) is 5. The van der Waals surface area contributed by atoms with Gasteiger partial charge in [-0.05, 0) is 79.1 Å². The van der Waals surface area contributed by atoms with Crippen molar-refractivity contribution in [2.45, 2.75) is 33.7 Å². The van der Waals surface area contributed by atoms with Crippen molar-refractivity contribution in [2.24, 2.45) is 0 Å². The number of imidazole rings is 1. The Morgan fingerprint density at radius 3 is 2.59 bits per heavy atom. The number of hydrogen-bond donors (Lipinski definition) is 1. The van der Waals surface area contributed by atoms with Crippen LogP contribution >= 0.6 is 0 Å². The molecule has 0 saturated carbocycles. The van der Waals surface area contributed by atoms with Crippen LogP contribution in [0.2, 0.25) is 0 Å². The summed E-state index contributed by atoms with van der Waals surface area (Å²) in [5.74, 6) is 0.111. The van der Waals surface area contributed by atoms with Crippen LogP contribution in [0.4, 0.5) is 10.1 Å². The number of aromatic nitrogens is 2. The number of aryl methyl sites for hydroxylation is 2. The van der Waals surface area contributed by atoms with E-state index in [9.17, 15) is 9.59 Å². The number of benzene rings is 4. The molecule has 0 spiro atoms. The molecule has 8 nitrogen and oxygen atoms in total. The number of rotatable bonds is 8. The van der Waals surface area contributed by atoms with Crippen LogP contribution in [-0.2, 0) is 4.79 Å². The van der Waals surface area contributed by atoms with Gasteiger partial charge in [-0.2, -0.15) is 0 Å². The smallest absolute Gasteiger partial charge is 0.274 e. The van der Waals surface area contributed by atoms with E-state index in [0.29, 0.717) is 50.0 Å². The number of amides is 2. The van der Waals surface area contributed by atoms with Gasteiger partial charge in [-0.25, -0.2) is 9.37 Å². The van der Waals surface area contributed by atoms with Crippen molar-refractivity contribution in [1.82, 2.24) is 19.8 Å². The van der Waals surface area contributed by atoms with Crippen molar-refractivity contribution >= 4 is 28.3 Å². The minimum Gasteiger partial charge on any atom is -0.494 e. The van der Waals surface area contributed by atoms with Crippen molar-refractivity contribution < 1.29 is 18.7 Å². The average Bonchev–Trinajstić information content (AvgIpc) is 3.49. The van der Waals surface area contributed by atoms with Crippen molar-refractivity contribution in [3.05, 3.63) is 108 Å². The van der Waals surface area contributed by atoms with Crippen molar-refractivity contribution in [3.8, 4) is 22.8 Å². The van der Waals surface area contributed by atoms with Crippen LogP contribution in [0.5, 0.6) is 5.75 Å². The summed E-state index contributed by atoms with van der Waals surface area (Å²) in [6, 6.07) is 24.7. The first-order valence-electron chi connectivity index (χ1n) is 15.6. The molecule has 2 amide bonds. The summed E-state index contributed by atoms with van der Waals surface area (Å²) in [5.41, 5.74) is 4.22. The molecule has 2 heterocycles. The summed E-state index contributed by atoms with van der Waals surface area (Å²) in [7, 11) is 0. The topological polar surface area (TPSA) is 79.7 Å². The van der Waals surface area contributed by atoms with E-state index in [1.165, 1.54) is 23.9 Å². The van der Waals surface area contributed by atoms with E-state index in [1.807, 2.05) is 56.3 Å². The van der Waals surface area contributed by atoms with Gasteiger partial charge < -0.3 is 19.9 Å². The van der Waals surface area contributed by atoms with Crippen molar-refractivity contribution in [2.75, 3.05) is 37.7 Å². The lowest BCUT2D eigenvalue weighted by molar-refractivity contribution is -0.119. The Hall–Kier alpha value is -5.18. The lowest BCUT2D eigenvalue weighted by Gasteiger charge is -2.42. The number of ether oxygens (including phenoxy) is 1. The van der Waals surface area contributed by atoms with Gasteiger partial charge in [0.25, 0.3) is 5.91 Å². The first kappa shape index (κ1) is 30.8. The molecular formula is C37H38FN5O3. The van der Waals surface area contributed by atoms with E-state index in [2.05, 4.69) is 41.4 Å². The third-order valence-corrected chi connectivity index (χ3v) is 8.45. The molecule has 1 N–H and O–H groups in total. The molecule has 1 atom stereocenters. The van der Waals surface area contributed by atoms with Gasteiger partial charge in [-0.1, -0.05) is 36.4 Å². The second-order valence-electron chi connectivity index (χ2n) is 11.8. The molecule has 1 aliphatic heterocycles. The second-order valence-corrected chi connectivity index (χ2v) is 11.8. The highest BCUT2D eigenvalue weighted by Gasteiger charge is 2.33. The molecule has 0 radical (unpaired) electrons. The lowest BCUT2D eigenvalue weighted by atomic mass is 10.0. The van der Waals surface area contributed by atoms with E-state index in [1.54, 1.807) is 21.7 Å². The van der Waals surface area contributed by atoms with E-state index in [4.69, 9.17) is 9.72 Å². The van der Waals surface area contributed by atoms with E-state index < -0.39 is 5.82 Å². The largest absolute Gasteiger partial charge is 0.494 e. The molecule has 6 rings (SSSR count). The highest BCUT2D eigenvalue weighted by molar-refractivity contribution is 5.94. The molecule has 236 valence electrons. The fraction of sp³-hybridized carbons (Fsp3) is 0.270. The SMILES string of the molecule is CCOc1cccc(-n2cc(C(=O)N3CCN(c4cc(C)c5ccccc5c4)CC3CNC(C)=O)nc2-c2ccc(C)cc2F)c1. The van der Waals surface area contributed by atoms with Gasteiger partial charge in [0.15, 0.2) is 0 Å². The third kappa shape index (κ3) is 6.31. The van der Waals surface area contributed by atoms with Gasteiger partial charge >= 0.3 is 0 Å². The van der Waals surface area contributed by atoms with Crippen LogP contribution in [-0.4, -0.2) is 65.1 Å². The zero-order valence-electron chi connectivity index (χ0n) is 26.6. The molecule has 0 bridgehead atoms. The maximum atomic E-state index is 15.3. The Bertz CT molecular complexity index is 1920. The first-order valence-corrected chi connectivity index (χ1v) is 15.6. The zero-order valence-corrected chi connectivity index (χ0v) is 26.6. The summed E-state index contributed by atoms with van der Waals surface area (Å²) in [6.07, 6.45) is 1.66. The average molecular weight is 620 g/mol. The normalized spacial score (nSPS) is 14.8. The minimum atomic E-state index is -0.422. The molecule has 9 heteroatoms. The first-order chi connectivity index (χ1) is 22.2. The van der Waals surface area contributed by atoms with Crippen LogP contribution in [0, 0.1) is 19.7 Å². The predicted octanol–water partition coefficient (Wildman–Crippen LogP) is 6.31. The fourth-order valence-corrected chi connectivity index (χ4v) is 6.17. The van der Waals surface area contributed by atoms with Crippen molar-refractivity contribution in [1.29, 1.82) is 0 Å². The molecule has 4 aromatic carbocycles. The maximum Gasteiger partial charge on any atom is 0.274 e. The molecule has 5 aromatic rings. The summed E-state index contributed by atoms with van der Waals surface area (Å²) >= 11 is 0. The van der Waals surface area contributed by atoms with Gasteiger partial charge in [-0.3, -0.25) is 14.2 Å². The van der Waals surface area contributed by atoms with Crippen LogP contribution in [0.25, 0.3) is 27.8 Å². The van der Waals surface area contributed by atoms with Gasteiger partial charge in [0.1, 0.15) is 23.1 Å². The number of fused-ring (bicyclic) bond motifs is 1. The van der Waals surface area contributed by atoms with Crippen LogP contribution in [0.3, 0.4) is 0 Å². The Morgan fingerprint density at radius 1 is 0.978 bits per heavy atom. The van der Waals surface area contributed by atoms with E-state index >= 15 is 4.39 Å². The number of carbonyl (C=O) groups is 2. The number of halogens is 1. The maximum absolute atomic E-state index is 15.3. The summed E-state index contributed by atoms with van der Waals surface area (Å²) < 4.78 is 22.8. The number of piperazine rings is 1. The Kier molecular flexibility index (Phi) is 8.74. The number of anilines is 1. The Balaban J connectivity index is 1.36. The minimum absolute atomic E-state index is 0.165. The lowest BCUT2D eigenvalue weighted by Crippen LogP contribution is -2.58. The highest BCUT2D eigenvalue weighted by atomic mass is 19.1. The van der Waals surface area contributed by atoms with Crippen LogP contribution in [0.15, 0.2) is 85.1 Å². The number of nitrogens with zero attached hydrogens (tertiary/aromatic N) is 4. The zero-order chi connectivity index (χ0) is 32.4. The third-order valence-electron chi connectivity index (χ3n) is 8.45. The van der Waals surface area contributed by atoms with Gasteiger partial charge in [0.05, 0.1) is 23.9 Å². The number of carbonyl (C=O) groups excluding carboxylic acids is 2. The summed E-state index contributed by atoms with van der Waals surface area (Å²) in [5, 5.41) is 5.28. The molecule has 1 unspecified atom stereocenters. The van der Waals surface area contributed by atoms with E-state index in [-0.39, 0.29) is 29.1 Å². The summed E-state index contributed by atoms with van der Waals surface area (Å²) in [6.45, 7) is 9.67. The van der Waals surface area contributed by atoms with Crippen LogP contribution < -0.4 is 15.0 Å². The monoisotopic (exact) mass is 619 g/mol. The number of nitrogens with one attached hydrogen (secondary N) is 1. The molecule has 1 aliphatic rings. The quantitative estimate of drug-likeness (QED) is 0.220. The molecule has 1 saturated heterocycles. The van der Waals surface area contributed by atoms with Crippen LogP contribution in [0.1, 0.15) is 35.5 Å². The molecule has 0 aliphatic carbocycles. The highest BCUT2D eigenvalue weighted by Crippen LogP contribution is 2.31. The molecule has 1 fully saturated rings. The molecule has 46 heavy (non-hydrogen) atoms. The molecular weight excluding hydrogens is 581 g/mol. The Labute approximate surface area is 268 Å². The fourth-order valence-electron chi connectivity index (χ4n) is 6.17. The molecule has 1 aromatic heterocycles. The van der Waals surface area contributed by atoms with Gasteiger partial charge in [0.2, 0.25) is 5.91 Å². The van der Waals surface area contributed by atoms with Crippen molar-refractivity contribution in [3.63, 3.8) is 0 Å². The second kappa shape index (κ2) is 13.0. The van der Waals surface area contributed by atoms with E-state index in [0.717, 1.165) is 16.6 Å². The summed E-state index contributed by atoms with van der Waals surface area (Å²) in [4.78, 5) is 35.0.